The van der Waals surface area contributed by atoms with Crippen LogP contribution in [-0.4, -0.2) is 64.3 Å². The molecular formula is C46H44Cl2N8O8S2. The third-order valence-electron chi connectivity index (χ3n) is 10.5. The predicted octanol–water partition coefficient (Wildman–Crippen LogP) is 8.60. The minimum atomic E-state index is -3.90. The van der Waals surface area contributed by atoms with E-state index in [1.165, 1.54) is 26.4 Å². The average Bonchev–Trinajstić information content (AvgIpc) is 3.27. The highest BCUT2D eigenvalue weighted by Crippen LogP contribution is 2.40. The molecule has 0 atom stereocenters. The second-order valence-corrected chi connectivity index (χ2v) is 18.5. The maximum atomic E-state index is 13.2. The molecule has 2 aromatic heterocycles. The molecule has 16 nitrogen and oxygen atoms in total. The van der Waals surface area contributed by atoms with E-state index in [2.05, 4.69) is 20.1 Å². The molecule has 0 spiro atoms. The molecule has 342 valence electrons. The zero-order valence-corrected chi connectivity index (χ0v) is 38.6. The summed E-state index contributed by atoms with van der Waals surface area (Å²) >= 11 is 0. The van der Waals surface area contributed by atoms with Gasteiger partial charge >= 0.3 is 0 Å². The van der Waals surface area contributed by atoms with Crippen molar-refractivity contribution in [2.75, 3.05) is 45.8 Å². The lowest BCUT2D eigenvalue weighted by atomic mass is 10.0. The molecule has 0 unspecified atom stereocenters. The first-order chi connectivity index (χ1) is 30.7. The van der Waals surface area contributed by atoms with Gasteiger partial charge in [-0.25, -0.2) is 26.8 Å². The van der Waals surface area contributed by atoms with Crippen LogP contribution >= 0.6 is 24.8 Å². The summed E-state index contributed by atoms with van der Waals surface area (Å²) in [6.45, 7) is 0. The number of anilines is 6. The summed E-state index contributed by atoms with van der Waals surface area (Å²) in [5, 5.41) is 9.64. The second-order valence-electron chi connectivity index (χ2n) is 14.8. The lowest BCUT2D eigenvalue weighted by Crippen LogP contribution is -2.20. The number of hydrogen-bond donors (Lipinski definition) is 6. The fraction of sp³-hybridized carbons (Fsp3) is 0.130. The van der Waals surface area contributed by atoms with Gasteiger partial charge in [0.15, 0.2) is 0 Å². The summed E-state index contributed by atoms with van der Waals surface area (Å²) in [7, 11) is -4.88. The van der Waals surface area contributed by atoms with E-state index in [1.807, 2.05) is 60.7 Å². The normalized spacial score (nSPS) is 11.4. The monoisotopic (exact) mass is 970 g/mol. The smallest absolute Gasteiger partial charge is 0.250 e. The van der Waals surface area contributed by atoms with Gasteiger partial charge in [0.1, 0.15) is 11.5 Å². The number of sulfonamides is 2. The van der Waals surface area contributed by atoms with Gasteiger partial charge in [-0.3, -0.25) is 19.0 Å². The molecule has 0 fully saturated rings. The van der Waals surface area contributed by atoms with Crippen LogP contribution in [0.1, 0.15) is 33.6 Å². The van der Waals surface area contributed by atoms with Gasteiger partial charge in [0.2, 0.25) is 20.0 Å². The fourth-order valence-corrected chi connectivity index (χ4v) is 9.87. The number of carbonyl (C=O) groups is 2. The van der Waals surface area contributed by atoms with Gasteiger partial charge in [0.25, 0.3) is 11.8 Å². The second kappa shape index (κ2) is 20.0. The number of nitrogens with two attached hydrogens (primary N) is 2. The number of unbranched alkanes of at least 4 members (excludes halogenated alkanes) is 1. The van der Waals surface area contributed by atoms with Crippen LogP contribution in [0.2, 0.25) is 0 Å². The SMILES string of the molecule is COc1cc(NS(=O)(=O)CCCCS(=O)(=O)Nc2ccc(Nc3c4ccccc4nc4c(C(N)=O)cccc34)c(OC)c2)ccc1Nc1c2ccccc2nc2c(C(N)=O)cccc12.Cl.Cl. The number of benzene rings is 6. The molecule has 0 radical (unpaired) electrons. The molecule has 2 amide bonds. The van der Waals surface area contributed by atoms with Crippen molar-refractivity contribution in [3.05, 3.63) is 132 Å². The summed E-state index contributed by atoms with van der Waals surface area (Å²) in [5.41, 5.74) is 16.8. The number of nitrogens with zero attached hydrogens (tertiary/aromatic N) is 2. The average molecular weight is 972 g/mol. The van der Waals surface area contributed by atoms with Crippen molar-refractivity contribution in [1.29, 1.82) is 0 Å². The number of amides is 2. The van der Waals surface area contributed by atoms with Crippen molar-refractivity contribution in [2.24, 2.45) is 11.5 Å². The van der Waals surface area contributed by atoms with E-state index < -0.39 is 31.9 Å². The minimum absolute atomic E-state index is 0. The number of primary amides is 2. The van der Waals surface area contributed by atoms with Crippen LogP contribution in [0, 0.1) is 0 Å². The molecular weight excluding hydrogens is 928 g/mol. The Morgan fingerprint density at radius 3 is 1.29 bits per heavy atom. The number of para-hydroxylation sites is 4. The molecule has 20 heteroatoms. The lowest BCUT2D eigenvalue weighted by Gasteiger charge is -2.17. The largest absolute Gasteiger partial charge is 0.494 e. The Labute approximate surface area is 392 Å². The highest BCUT2D eigenvalue weighted by atomic mass is 35.5. The Hall–Kier alpha value is -7.12. The number of methoxy groups -OCH3 is 2. The van der Waals surface area contributed by atoms with Crippen molar-refractivity contribution in [3.63, 3.8) is 0 Å². The Morgan fingerprint density at radius 1 is 0.530 bits per heavy atom. The maximum Gasteiger partial charge on any atom is 0.250 e. The molecule has 0 saturated heterocycles. The number of halogens is 2. The van der Waals surface area contributed by atoms with Crippen LogP contribution in [0.25, 0.3) is 43.6 Å². The van der Waals surface area contributed by atoms with Crippen LogP contribution in [0.5, 0.6) is 11.5 Å². The van der Waals surface area contributed by atoms with Gasteiger partial charge in [-0.2, -0.15) is 0 Å². The van der Waals surface area contributed by atoms with E-state index >= 15 is 0 Å². The molecule has 0 bridgehead atoms. The van der Waals surface area contributed by atoms with Gasteiger partial charge in [0.05, 0.1) is 93.0 Å². The Bertz CT molecular complexity index is 3170. The van der Waals surface area contributed by atoms with E-state index in [-0.39, 0.29) is 71.7 Å². The van der Waals surface area contributed by atoms with Gasteiger partial charge in [-0.15, -0.1) is 24.8 Å². The molecule has 8 rings (SSSR count). The molecule has 8 aromatic rings. The van der Waals surface area contributed by atoms with Crippen LogP contribution in [-0.2, 0) is 20.0 Å². The van der Waals surface area contributed by atoms with E-state index in [0.29, 0.717) is 67.1 Å². The van der Waals surface area contributed by atoms with Crippen LogP contribution < -0.4 is 41.0 Å². The minimum Gasteiger partial charge on any atom is -0.494 e. The predicted molar refractivity (Wildman–Crippen MR) is 267 cm³/mol. The third-order valence-corrected chi connectivity index (χ3v) is 13.2. The summed E-state index contributed by atoms with van der Waals surface area (Å²) in [6, 6.07) is 34.7. The van der Waals surface area contributed by atoms with Gasteiger partial charge in [-0.05, 0) is 61.4 Å². The van der Waals surface area contributed by atoms with E-state index in [9.17, 15) is 26.4 Å². The van der Waals surface area contributed by atoms with Crippen molar-refractivity contribution < 1.29 is 35.9 Å². The molecule has 6 aromatic carbocycles. The molecule has 66 heavy (non-hydrogen) atoms. The van der Waals surface area contributed by atoms with Crippen molar-refractivity contribution >= 4 is 134 Å². The first-order valence-corrected chi connectivity index (χ1v) is 23.2. The number of carbonyl (C=O) groups excluding carboxylic acids is 2. The van der Waals surface area contributed by atoms with Gasteiger partial charge < -0.3 is 31.6 Å². The van der Waals surface area contributed by atoms with Crippen LogP contribution in [0.3, 0.4) is 0 Å². The number of rotatable bonds is 17. The summed E-state index contributed by atoms with van der Waals surface area (Å²) in [4.78, 5) is 33.9. The number of nitrogens with one attached hydrogen (secondary N) is 4. The zero-order chi connectivity index (χ0) is 45.2. The van der Waals surface area contributed by atoms with Crippen molar-refractivity contribution in [2.45, 2.75) is 12.8 Å². The van der Waals surface area contributed by atoms with Crippen LogP contribution in [0.15, 0.2) is 121 Å². The van der Waals surface area contributed by atoms with Gasteiger partial charge in [-0.1, -0.05) is 60.7 Å². The number of ether oxygens (including phenoxy) is 2. The third kappa shape index (κ3) is 10.2. The number of hydrogen-bond acceptors (Lipinski definition) is 12. The molecule has 2 heterocycles. The first-order valence-electron chi connectivity index (χ1n) is 19.9. The maximum absolute atomic E-state index is 13.2. The standard InChI is InChI=1S/C46H42N8O8S2.2ClH/c1-61-39-25-27(19-21-37(39)51-41-29-11-3-5-17-35(29)49-43-31(41)13-9-15-33(43)45(47)55)53-63(57,58)23-7-8-24-64(59,60)54-28-20-22-38(40(26-28)62-2)52-42-30-12-4-6-18-36(30)50-44-32(42)14-10-16-34(44)46(48)56;;/h3-6,9-22,25-26,53-54H,7-8,23-24H2,1-2H3,(H2,47,55)(H2,48,56)(H,49,51)(H,50,52);2*1H. The number of pyridine rings is 2. The molecule has 0 aliphatic rings. The van der Waals surface area contributed by atoms with E-state index in [0.717, 1.165) is 10.8 Å². The van der Waals surface area contributed by atoms with Crippen LogP contribution in [0.4, 0.5) is 34.1 Å². The lowest BCUT2D eigenvalue weighted by molar-refractivity contribution is 0.0993. The topological polar surface area (TPSA) is 247 Å². The van der Waals surface area contributed by atoms with E-state index in [4.69, 9.17) is 30.9 Å². The first kappa shape index (κ1) is 48.3. The Balaban J connectivity index is 0.00000360. The highest BCUT2D eigenvalue weighted by molar-refractivity contribution is 7.93. The Morgan fingerprint density at radius 2 is 0.909 bits per heavy atom. The summed E-state index contributed by atoms with van der Waals surface area (Å²) in [5.74, 6) is -1.24. The zero-order valence-electron chi connectivity index (χ0n) is 35.3. The summed E-state index contributed by atoms with van der Waals surface area (Å²) < 4.78 is 69.1. The van der Waals surface area contributed by atoms with Gasteiger partial charge in [0, 0.05) is 33.7 Å². The van der Waals surface area contributed by atoms with E-state index in [1.54, 1.807) is 48.5 Å². The molecule has 0 aliphatic heterocycles. The number of aromatic nitrogens is 2. The van der Waals surface area contributed by atoms with Crippen molar-refractivity contribution in [3.8, 4) is 11.5 Å². The highest BCUT2D eigenvalue weighted by Gasteiger charge is 2.20. The molecule has 8 N–H and O–H groups in total. The molecule has 0 saturated carbocycles. The number of fused-ring (bicyclic) bond motifs is 4. The van der Waals surface area contributed by atoms with Crippen molar-refractivity contribution in [1.82, 2.24) is 9.97 Å². The summed E-state index contributed by atoms with van der Waals surface area (Å²) in [6.07, 6.45) is 0.111. The molecule has 0 aliphatic carbocycles. The fourth-order valence-electron chi connectivity index (χ4n) is 7.53. The quantitative estimate of drug-likeness (QED) is 0.0371. The Kier molecular flexibility index (Phi) is 14.6.